The summed E-state index contributed by atoms with van der Waals surface area (Å²) in [5.41, 5.74) is 7.80. The Bertz CT molecular complexity index is 805. The van der Waals surface area contributed by atoms with Gasteiger partial charge >= 0.3 is 0 Å². The normalized spacial score (nSPS) is 11.5. The second-order valence-corrected chi connectivity index (χ2v) is 4.58. The number of anilines is 2. The zero-order chi connectivity index (χ0) is 15.4. The molecule has 0 bridgehead atoms. The highest BCUT2D eigenvalue weighted by Gasteiger charge is 2.13. The van der Waals surface area contributed by atoms with Crippen LogP contribution >= 0.6 is 0 Å². The lowest BCUT2D eigenvalue weighted by Gasteiger charge is -2.23. The summed E-state index contributed by atoms with van der Waals surface area (Å²) >= 11 is 0. The van der Waals surface area contributed by atoms with Gasteiger partial charge in [-0.1, -0.05) is 23.4 Å². The fourth-order valence-electron chi connectivity index (χ4n) is 2.10. The molecule has 0 saturated heterocycles. The van der Waals surface area contributed by atoms with E-state index in [1.165, 1.54) is 0 Å². The van der Waals surface area contributed by atoms with Crippen molar-refractivity contribution in [2.45, 2.75) is 0 Å². The van der Waals surface area contributed by atoms with Crippen molar-refractivity contribution >= 4 is 28.5 Å². The van der Waals surface area contributed by atoms with Crippen molar-refractivity contribution in [1.29, 1.82) is 0 Å². The van der Waals surface area contributed by atoms with Gasteiger partial charge in [0.15, 0.2) is 11.5 Å². The molecule has 3 N–H and O–H groups in total. The van der Waals surface area contributed by atoms with Crippen LogP contribution in [0.5, 0.6) is 0 Å². The Morgan fingerprint density at radius 2 is 1.86 bits per heavy atom. The largest absolute Gasteiger partial charge is 0.409 e. The van der Waals surface area contributed by atoms with E-state index in [-0.39, 0.29) is 12.4 Å². The molecule has 0 aliphatic heterocycles. The molecular formula is C15H14N6O. The van der Waals surface area contributed by atoms with Gasteiger partial charge in [0.1, 0.15) is 11.3 Å². The van der Waals surface area contributed by atoms with Crippen molar-refractivity contribution < 1.29 is 5.21 Å². The van der Waals surface area contributed by atoms with E-state index in [4.69, 9.17) is 10.9 Å². The molecule has 0 amide bonds. The number of nitrogens with two attached hydrogens (primary N) is 1. The molecule has 110 valence electrons. The first-order chi connectivity index (χ1) is 10.8. The highest BCUT2D eigenvalue weighted by Crippen LogP contribution is 2.24. The average molecular weight is 294 g/mol. The average Bonchev–Trinajstić information content (AvgIpc) is 2.59. The molecule has 0 aliphatic carbocycles. The summed E-state index contributed by atoms with van der Waals surface area (Å²) in [6, 6.07) is 13.3. The van der Waals surface area contributed by atoms with Gasteiger partial charge in [-0.05, 0) is 24.3 Å². The minimum absolute atomic E-state index is 0.0879. The number of fused-ring (bicyclic) bond motifs is 1. The minimum atomic E-state index is 0.0879. The number of para-hydroxylation sites is 1. The van der Waals surface area contributed by atoms with E-state index in [0.29, 0.717) is 17.0 Å². The monoisotopic (exact) mass is 294 g/mol. The van der Waals surface area contributed by atoms with Gasteiger partial charge in [0.05, 0.1) is 6.54 Å². The number of hydrogen-bond acceptors (Lipinski definition) is 6. The molecule has 3 aromatic rings. The van der Waals surface area contributed by atoms with Crippen LogP contribution in [0.25, 0.3) is 11.2 Å². The molecule has 0 aliphatic rings. The number of aromatic nitrogens is 3. The van der Waals surface area contributed by atoms with E-state index < -0.39 is 0 Å². The standard InChI is InChI=1S/C15H14N6O/c16-13(20-22)10-21(11-4-2-1-3-5-11)14-7-6-12-15(19-14)18-9-8-17-12/h1-9,22H,10H2,(H2,16,20). The number of benzene rings is 1. The molecule has 0 fully saturated rings. The number of oxime groups is 1. The van der Waals surface area contributed by atoms with Crippen molar-refractivity contribution in [3.63, 3.8) is 0 Å². The minimum Gasteiger partial charge on any atom is -0.409 e. The Hall–Kier alpha value is -3.22. The maximum absolute atomic E-state index is 8.84. The van der Waals surface area contributed by atoms with Crippen LogP contribution in [-0.2, 0) is 0 Å². The van der Waals surface area contributed by atoms with E-state index in [1.54, 1.807) is 12.4 Å². The second kappa shape index (κ2) is 6.04. The van der Waals surface area contributed by atoms with Gasteiger partial charge in [0, 0.05) is 18.1 Å². The van der Waals surface area contributed by atoms with E-state index in [0.717, 1.165) is 5.69 Å². The van der Waals surface area contributed by atoms with Crippen molar-refractivity contribution in [1.82, 2.24) is 15.0 Å². The molecule has 7 heteroatoms. The fourth-order valence-corrected chi connectivity index (χ4v) is 2.10. The predicted molar refractivity (Wildman–Crippen MR) is 84.2 cm³/mol. The van der Waals surface area contributed by atoms with Crippen molar-refractivity contribution in [3.8, 4) is 0 Å². The van der Waals surface area contributed by atoms with Crippen LogP contribution < -0.4 is 10.6 Å². The van der Waals surface area contributed by atoms with Crippen LogP contribution in [0.1, 0.15) is 0 Å². The fraction of sp³-hybridized carbons (Fsp3) is 0.0667. The second-order valence-electron chi connectivity index (χ2n) is 4.58. The van der Waals surface area contributed by atoms with Crippen LogP contribution in [0, 0.1) is 0 Å². The first-order valence-corrected chi connectivity index (χ1v) is 6.64. The lowest BCUT2D eigenvalue weighted by molar-refractivity contribution is 0.317. The van der Waals surface area contributed by atoms with Crippen molar-refractivity contribution in [2.75, 3.05) is 11.4 Å². The predicted octanol–water partition coefficient (Wildman–Crippen LogP) is 1.91. The van der Waals surface area contributed by atoms with Gasteiger partial charge in [0.25, 0.3) is 0 Å². The zero-order valence-corrected chi connectivity index (χ0v) is 11.7. The summed E-state index contributed by atoms with van der Waals surface area (Å²) in [4.78, 5) is 14.7. The molecule has 1 aromatic carbocycles. The quantitative estimate of drug-likeness (QED) is 0.330. The molecule has 0 atom stereocenters. The summed E-state index contributed by atoms with van der Waals surface area (Å²) in [7, 11) is 0. The van der Waals surface area contributed by atoms with Gasteiger partial charge in [-0.15, -0.1) is 0 Å². The molecule has 3 rings (SSSR count). The SMILES string of the molecule is N/C(CN(c1ccccc1)c1ccc2nccnc2n1)=N/O. The van der Waals surface area contributed by atoms with Crippen LogP contribution in [0.3, 0.4) is 0 Å². The van der Waals surface area contributed by atoms with Gasteiger partial charge in [-0.3, -0.25) is 4.98 Å². The Balaban J connectivity index is 2.06. The summed E-state index contributed by atoms with van der Waals surface area (Å²) in [6.07, 6.45) is 3.21. The van der Waals surface area contributed by atoms with Crippen LogP contribution in [0.4, 0.5) is 11.5 Å². The lowest BCUT2D eigenvalue weighted by Crippen LogP contribution is -2.31. The molecular weight excluding hydrogens is 280 g/mol. The number of pyridine rings is 1. The molecule has 22 heavy (non-hydrogen) atoms. The summed E-state index contributed by atoms with van der Waals surface area (Å²) in [6.45, 7) is 0.208. The Morgan fingerprint density at radius 3 is 2.64 bits per heavy atom. The molecule has 2 heterocycles. The molecule has 0 saturated carbocycles. The highest BCUT2D eigenvalue weighted by molar-refractivity contribution is 5.87. The van der Waals surface area contributed by atoms with Crippen LogP contribution in [0.15, 0.2) is 60.0 Å². The summed E-state index contributed by atoms with van der Waals surface area (Å²) < 4.78 is 0. The lowest BCUT2D eigenvalue weighted by atomic mass is 10.2. The topological polar surface area (TPSA) is 101 Å². The first kappa shape index (κ1) is 13.7. The summed E-state index contributed by atoms with van der Waals surface area (Å²) in [5, 5.41) is 11.9. The Kier molecular flexibility index (Phi) is 3.78. The zero-order valence-electron chi connectivity index (χ0n) is 11.7. The van der Waals surface area contributed by atoms with Gasteiger partial charge in [-0.2, -0.15) is 0 Å². The number of amidine groups is 1. The van der Waals surface area contributed by atoms with E-state index in [2.05, 4.69) is 20.1 Å². The van der Waals surface area contributed by atoms with Crippen molar-refractivity contribution in [3.05, 3.63) is 54.9 Å². The Morgan fingerprint density at radius 1 is 1.09 bits per heavy atom. The van der Waals surface area contributed by atoms with Crippen LogP contribution in [-0.4, -0.2) is 32.5 Å². The van der Waals surface area contributed by atoms with Gasteiger partial charge < -0.3 is 15.8 Å². The van der Waals surface area contributed by atoms with Gasteiger partial charge in [0.2, 0.25) is 0 Å². The third-order valence-electron chi connectivity index (χ3n) is 3.11. The molecule has 0 unspecified atom stereocenters. The third kappa shape index (κ3) is 2.78. The molecule has 7 nitrogen and oxygen atoms in total. The summed E-state index contributed by atoms with van der Waals surface area (Å²) in [5.74, 6) is 0.732. The molecule has 0 spiro atoms. The van der Waals surface area contributed by atoms with E-state index >= 15 is 0 Å². The smallest absolute Gasteiger partial charge is 0.180 e. The van der Waals surface area contributed by atoms with Crippen molar-refractivity contribution in [2.24, 2.45) is 10.9 Å². The van der Waals surface area contributed by atoms with E-state index in [1.807, 2.05) is 47.4 Å². The Labute approximate surface area is 126 Å². The third-order valence-corrected chi connectivity index (χ3v) is 3.11. The number of hydrogen-bond donors (Lipinski definition) is 2. The number of nitrogens with zero attached hydrogens (tertiary/aromatic N) is 5. The van der Waals surface area contributed by atoms with Gasteiger partial charge in [-0.25, -0.2) is 9.97 Å². The highest BCUT2D eigenvalue weighted by atomic mass is 16.4. The maximum atomic E-state index is 8.84. The first-order valence-electron chi connectivity index (χ1n) is 6.64. The number of rotatable bonds is 4. The molecule has 2 aromatic heterocycles. The maximum Gasteiger partial charge on any atom is 0.180 e. The van der Waals surface area contributed by atoms with Crippen LogP contribution in [0.2, 0.25) is 0 Å². The molecule has 0 radical (unpaired) electrons. The van der Waals surface area contributed by atoms with E-state index in [9.17, 15) is 0 Å².